The Bertz CT molecular complexity index is 259. The van der Waals surface area contributed by atoms with Gasteiger partial charge in [-0.1, -0.05) is 55.9 Å². The van der Waals surface area contributed by atoms with Gasteiger partial charge in [-0.2, -0.15) is 0 Å². The summed E-state index contributed by atoms with van der Waals surface area (Å²) in [6, 6.07) is 0. The van der Waals surface area contributed by atoms with Crippen LogP contribution in [-0.2, 0) is 0 Å². The predicted octanol–water partition coefficient (Wildman–Crippen LogP) is 5.50. The van der Waals surface area contributed by atoms with Gasteiger partial charge in [0.1, 0.15) is 0 Å². The van der Waals surface area contributed by atoms with Crippen molar-refractivity contribution in [2.45, 2.75) is 39.5 Å². The van der Waals surface area contributed by atoms with E-state index in [0.29, 0.717) is 0 Å². The Labute approximate surface area is 105 Å². The third-order valence-electron chi connectivity index (χ3n) is 2.19. The topological polar surface area (TPSA) is 0 Å². The summed E-state index contributed by atoms with van der Waals surface area (Å²) < 4.78 is 0. The summed E-state index contributed by atoms with van der Waals surface area (Å²) in [4.78, 5) is 0. The van der Waals surface area contributed by atoms with Gasteiger partial charge in [-0.05, 0) is 37.3 Å². The largest absolute Gasteiger partial charge is 0.134 e. The van der Waals surface area contributed by atoms with E-state index in [4.69, 9.17) is 0 Å². The lowest BCUT2D eigenvalue weighted by atomic mass is 10.1. The second kappa shape index (κ2) is 10.8. The SMILES string of the molecule is C=C(/C=C/C)CCC(=C)/C=C/SCCCC. The quantitative estimate of drug-likeness (QED) is 0.376. The van der Waals surface area contributed by atoms with Crippen LogP contribution >= 0.6 is 11.8 Å². The Morgan fingerprint density at radius 3 is 2.31 bits per heavy atom. The number of unbranched alkanes of at least 4 members (excludes halogenated alkanes) is 1. The van der Waals surface area contributed by atoms with Crippen molar-refractivity contribution in [1.29, 1.82) is 0 Å². The predicted molar refractivity (Wildman–Crippen MR) is 78.8 cm³/mol. The lowest BCUT2D eigenvalue weighted by Gasteiger charge is -2.00. The molecule has 0 bridgehead atoms. The zero-order valence-electron chi connectivity index (χ0n) is 10.7. The highest BCUT2D eigenvalue weighted by atomic mass is 32.2. The van der Waals surface area contributed by atoms with Crippen molar-refractivity contribution in [3.63, 3.8) is 0 Å². The molecule has 0 N–H and O–H groups in total. The van der Waals surface area contributed by atoms with Gasteiger partial charge in [0.2, 0.25) is 0 Å². The third kappa shape index (κ3) is 9.85. The highest BCUT2D eigenvalue weighted by Gasteiger charge is 1.92. The fourth-order valence-electron chi connectivity index (χ4n) is 1.16. The first-order valence-electron chi connectivity index (χ1n) is 5.97. The molecule has 0 saturated carbocycles. The molecule has 0 radical (unpaired) electrons. The molecule has 0 saturated heterocycles. The molecule has 0 heterocycles. The number of allylic oxidation sites excluding steroid dienone is 5. The Morgan fingerprint density at radius 1 is 1.12 bits per heavy atom. The molecule has 1 heteroatoms. The van der Waals surface area contributed by atoms with Gasteiger partial charge in [-0.25, -0.2) is 0 Å². The number of thioether (sulfide) groups is 1. The van der Waals surface area contributed by atoms with Crippen molar-refractivity contribution in [2.24, 2.45) is 0 Å². The average molecular weight is 236 g/mol. The number of hydrogen-bond acceptors (Lipinski definition) is 1. The molecule has 0 aliphatic carbocycles. The van der Waals surface area contributed by atoms with E-state index >= 15 is 0 Å². The van der Waals surface area contributed by atoms with Gasteiger partial charge in [-0.15, -0.1) is 11.8 Å². The van der Waals surface area contributed by atoms with Gasteiger partial charge >= 0.3 is 0 Å². The standard InChI is InChI=1S/C15H24S/c1-5-7-12-16-13-11-15(4)10-9-14(3)8-6-2/h6,8,11,13H,3-5,7,9-10,12H2,1-2H3/b8-6+,13-11+. The van der Waals surface area contributed by atoms with Gasteiger partial charge in [0, 0.05) is 0 Å². The van der Waals surface area contributed by atoms with E-state index in [2.05, 4.69) is 37.6 Å². The third-order valence-corrected chi connectivity index (χ3v) is 3.04. The molecule has 0 unspecified atom stereocenters. The van der Waals surface area contributed by atoms with E-state index in [-0.39, 0.29) is 0 Å². The van der Waals surface area contributed by atoms with Crippen molar-refractivity contribution >= 4 is 11.8 Å². The van der Waals surface area contributed by atoms with Crippen molar-refractivity contribution in [1.82, 2.24) is 0 Å². The molecule has 0 atom stereocenters. The summed E-state index contributed by atoms with van der Waals surface area (Å²) in [7, 11) is 0. The second-order valence-electron chi connectivity index (χ2n) is 3.84. The normalized spacial score (nSPS) is 11.4. The van der Waals surface area contributed by atoms with Crippen LogP contribution in [0.3, 0.4) is 0 Å². The molecule has 16 heavy (non-hydrogen) atoms. The minimum absolute atomic E-state index is 1.01. The van der Waals surface area contributed by atoms with Crippen LogP contribution in [0.5, 0.6) is 0 Å². The van der Waals surface area contributed by atoms with Gasteiger partial charge in [-0.3, -0.25) is 0 Å². The van der Waals surface area contributed by atoms with Gasteiger partial charge in [0.15, 0.2) is 0 Å². The van der Waals surface area contributed by atoms with Gasteiger partial charge in [0.25, 0.3) is 0 Å². The summed E-state index contributed by atoms with van der Waals surface area (Å²) >= 11 is 1.87. The second-order valence-corrected chi connectivity index (χ2v) is 4.86. The zero-order chi connectivity index (χ0) is 12.2. The fourth-order valence-corrected chi connectivity index (χ4v) is 2.04. The average Bonchev–Trinajstić information content (AvgIpc) is 2.26. The maximum atomic E-state index is 4.04. The number of rotatable bonds is 9. The van der Waals surface area contributed by atoms with Crippen LogP contribution in [0.15, 0.2) is 47.9 Å². The van der Waals surface area contributed by atoms with Gasteiger partial charge in [0.05, 0.1) is 0 Å². The molecular formula is C15H24S. The van der Waals surface area contributed by atoms with Crippen molar-refractivity contribution < 1.29 is 0 Å². The van der Waals surface area contributed by atoms with E-state index in [0.717, 1.165) is 12.8 Å². The molecule has 0 amide bonds. The molecule has 90 valence electrons. The zero-order valence-corrected chi connectivity index (χ0v) is 11.5. The molecule has 0 rings (SSSR count). The first-order chi connectivity index (χ1) is 7.70. The molecule has 0 aliphatic rings. The lowest BCUT2D eigenvalue weighted by Crippen LogP contribution is -1.80. The molecule has 0 aromatic heterocycles. The Hall–Kier alpha value is -0.690. The lowest BCUT2D eigenvalue weighted by molar-refractivity contribution is 0.897. The monoisotopic (exact) mass is 236 g/mol. The van der Waals surface area contributed by atoms with Crippen LogP contribution in [0, 0.1) is 0 Å². The first-order valence-corrected chi connectivity index (χ1v) is 7.02. The summed E-state index contributed by atoms with van der Waals surface area (Å²) in [5.41, 5.74) is 2.37. The molecule has 0 spiro atoms. The first kappa shape index (κ1) is 15.3. The summed E-state index contributed by atoms with van der Waals surface area (Å²) in [5, 5.41) is 2.16. The number of hydrogen-bond donors (Lipinski definition) is 0. The van der Waals surface area contributed by atoms with E-state index in [1.54, 1.807) is 0 Å². The van der Waals surface area contributed by atoms with Crippen LogP contribution < -0.4 is 0 Å². The highest BCUT2D eigenvalue weighted by molar-refractivity contribution is 8.02. The van der Waals surface area contributed by atoms with E-state index in [1.165, 1.54) is 29.7 Å². The molecule has 0 aliphatic heterocycles. The van der Waals surface area contributed by atoms with Crippen LogP contribution in [0.4, 0.5) is 0 Å². The Morgan fingerprint density at radius 2 is 1.75 bits per heavy atom. The molecule has 0 nitrogen and oxygen atoms in total. The maximum Gasteiger partial charge on any atom is -0.00261 e. The minimum Gasteiger partial charge on any atom is -0.134 e. The van der Waals surface area contributed by atoms with Crippen LogP contribution in [0.2, 0.25) is 0 Å². The Kier molecular flexibility index (Phi) is 10.3. The van der Waals surface area contributed by atoms with Crippen LogP contribution in [0.1, 0.15) is 39.5 Å². The fraction of sp³-hybridized carbons (Fsp3) is 0.467. The van der Waals surface area contributed by atoms with Crippen molar-refractivity contribution in [2.75, 3.05) is 5.75 Å². The molecule has 0 aromatic rings. The van der Waals surface area contributed by atoms with Crippen LogP contribution in [-0.4, -0.2) is 5.75 Å². The summed E-state index contributed by atoms with van der Waals surface area (Å²) in [6.07, 6.45) is 10.8. The smallest absolute Gasteiger partial charge is 0.00261 e. The van der Waals surface area contributed by atoms with Gasteiger partial charge < -0.3 is 0 Å². The highest BCUT2D eigenvalue weighted by Crippen LogP contribution is 2.13. The molecule has 0 fully saturated rings. The maximum absolute atomic E-state index is 4.04. The minimum atomic E-state index is 1.01. The van der Waals surface area contributed by atoms with Crippen LogP contribution in [0.25, 0.3) is 0 Å². The van der Waals surface area contributed by atoms with Crippen molar-refractivity contribution in [3.8, 4) is 0 Å². The molecular weight excluding hydrogens is 212 g/mol. The summed E-state index contributed by atoms with van der Waals surface area (Å²) in [6.45, 7) is 12.3. The van der Waals surface area contributed by atoms with E-state index in [9.17, 15) is 0 Å². The molecule has 0 aromatic carbocycles. The van der Waals surface area contributed by atoms with Crippen molar-refractivity contribution in [3.05, 3.63) is 47.9 Å². The summed E-state index contributed by atoms with van der Waals surface area (Å²) in [5.74, 6) is 1.21. The Balaban J connectivity index is 3.61. The van der Waals surface area contributed by atoms with E-state index < -0.39 is 0 Å². The van der Waals surface area contributed by atoms with E-state index in [1.807, 2.05) is 24.8 Å².